The molecule has 166 valence electrons. The van der Waals surface area contributed by atoms with Crippen molar-refractivity contribution < 1.29 is 34.4 Å². The van der Waals surface area contributed by atoms with Crippen LogP contribution in [0.5, 0.6) is 11.5 Å². The molecule has 0 radical (unpaired) electrons. The van der Waals surface area contributed by atoms with Crippen LogP contribution in [0.15, 0.2) is 48.5 Å². The molecule has 2 rings (SSSR count). The summed E-state index contributed by atoms with van der Waals surface area (Å²) in [6, 6.07) is 10.2. The Kier molecular flexibility index (Phi) is 8.64. The van der Waals surface area contributed by atoms with E-state index in [9.17, 15) is 29.7 Å². The number of nitrogens with two attached hydrogens (primary N) is 1. The zero-order chi connectivity index (χ0) is 22.8. The number of carboxylic acids is 1. The van der Waals surface area contributed by atoms with E-state index in [1.807, 2.05) is 6.07 Å². The first-order valence-corrected chi connectivity index (χ1v) is 9.51. The highest BCUT2D eigenvalue weighted by Gasteiger charge is 2.27. The fourth-order valence-corrected chi connectivity index (χ4v) is 2.76. The predicted molar refractivity (Wildman–Crippen MR) is 110 cm³/mol. The van der Waals surface area contributed by atoms with Crippen molar-refractivity contribution in [2.24, 2.45) is 5.73 Å². The molecule has 0 aliphatic rings. The molecule has 0 bridgehead atoms. The molecule has 2 atom stereocenters. The van der Waals surface area contributed by atoms with Gasteiger partial charge in [0.1, 0.15) is 30.2 Å². The summed E-state index contributed by atoms with van der Waals surface area (Å²) in [5.41, 5.74) is 6.49. The van der Waals surface area contributed by atoms with Crippen LogP contribution < -0.4 is 16.4 Å². The number of nitrogens with one attached hydrogen (secondary N) is 2. The number of benzene rings is 2. The molecule has 7 N–H and O–H groups in total. The van der Waals surface area contributed by atoms with E-state index in [4.69, 9.17) is 10.5 Å². The minimum absolute atomic E-state index is 0.00151. The maximum absolute atomic E-state index is 12.6. The molecule has 2 aromatic rings. The van der Waals surface area contributed by atoms with Gasteiger partial charge in [-0.05, 0) is 30.2 Å². The van der Waals surface area contributed by atoms with E-state index >= 15 is 0 Å². The smallest absolute Gasteiger partial charge is 0.408 e. The van der Waals surface area contributed by atoms with Gasteiger partial charge in [-0.2, -0.15) is 0 Å². The topological polar surface area (TPSA) is 171 Å². The molecule has 10 heteroatoms. The number of carbonyl (C=O) groups is 3. The van der Waals surface area contributed by atoms with Gasteiger partial charge in [0, 0.05) is 12.5 Å². The summed E-state index contributed by atoms with van der Waals surface area (Å²) in [5, 5.41) is 33.4. The molecular weight excluding hydrogens is 406 g/mol. The maximum Gasteiger partial charge on any atom is 0.408 e. The number of alkyl carbamates (subject to hydrolysis) is 1. The molecule has 2 aromatic carbocycles. The van der Waals surface area contributed by atoms with Crippen LogP contribution in [0.2, 0.25) is 0 Å². The van der Waals surface area contributed by atoms with Crippen LogP contribution in [-0.4, -0.2) is 51.9 Å². The van der Waals surface area contributed by atoms with Crippen molar-refractivity contribution in [1.29, 1.82) is 0 Å². The fraction of sp³-hybridized carbons (Fsp3) is 0.286. The van der Waals surface area contributed by atoms with Crippen molar-refractivity contribution in [2.45, 2.75) is 31.5 Å². The highest BCUT2D eigenvalue weighted by molar-refractivity contribution is 5.89. The van der Waals surface area contributed by atoms with Crippen molar-refractivity contribution in [3.05, 3.63) is 59.7 Å². The van der Waals surface area contributed by atoms with Gasteiger partial charge in [0.15, 0.2) is 0 Å². The normalized spacial score (nSPS) is 12.4. The minimum atomic E-state index is -1.38. The average Bonchev–Trinajstić information content (AvgIpc) is 2.73. The van der Waals surface area contributed by atoms with E-state index in [-0.39, 0.29) is 43.1 Å². The quantitative estimate of drug-likeness (QED) is 0.321. The maximum atomic E-state index is 12.6. The first kappa shape index (κ1) is 23.5. The van der Waals surface area contributed by atoms with Gasteiger partial charge in [-0.3, -0.25) is 4.79 Å². The summed E-state index contributed by atoms with van der Waals surface area (Å²) in [5.74, 6) is -2.58. The van der Waals surface area contributed by atoms with E-state index in [0.29, 0.717) is 0 Å². The SMILES string of the molecule is NCCC(NC(=O)OCc1ccccc1)C(=O)N[C@@H](Cc1ccc(O)cc1O)C(=O)O. The highest BCUT2D eigenvalue weighted by atomic mass is 16.5. The van der Waals surface area contributed by atoms with Crippen molar-refractivity contribution in [1.82, 2.24) is 10.6 Å². The van der Waals surface area contributed by atoms with E-state index < -0.39 is 30.1 Å². The predicted octanol–water partition coefficient (Wildman–Crippen LogP) is 0.853. The Balaban J connectivity index is 1.99. The van der Waals surface area contributed by atoms with Crippen LogP contribution in [0.1, 0.15) is 17.5 Å². The Morgan fingerprint density at radius 2 is 1.71 bits per heavy atom. The molecule has 1 unspecified atom stereocenters. The van der Waals surface area contributed by atoms with Crippen LogP contribution in [0, 0.1) is 0 Å². The van der Waals surface area contributed by atoms with E-state index in [0.717, 1.165) is 11.6 Å². The zero-order valence-electron chi connectivity index (χ0n) is 16.7. The first-order valence-electron chi connectivity index (χ1n) is 9.51. The summed E-state index contributed by atoms with van der Waals surface area (Å²) in [6.45, 7) is 0.0645. The van der Waals surface area contributed by atoms with Crippen molar-refractivity contribution in [2.75, 3.05) is 6.54 Å². The number of aromatic hydroxyl groups is 2. The second kappa shape index (κ2) is 11.4. The zero-order valence-corrected chi connectivity index (χ0v) is 16.7. The Morgan fingerprint density at radius 3 is 2.32 bits per heavy atom. The molecule has 0 spiro atoms. The lowest BCUT2D eigenvalue weighted by Gasteiger charge is -2.21. The van der Waals surface area contributed by atoms with Crippen molar-refractivity contribution >= 4 is 18.0 Å². The second-order valence-electron chi connectivity index (χ2n) is 6.75. The van der Waals surface area contributed by atoms with Gasteiger partial charge in [0.2, 0.25) is 5.91 Å². The molecule has 31 heavy (non-hydrogen) atoms. The largest absolute Gasteiger partial charge is 0.508 e. The van der Waals surface area contributed by atoms with Gasteiger partial charge in [-0.25, -0.2) is 9.59 Å². The van der Waals surface area contributed by atoms with Gasteiger partial charge >= 0.3 is 12.1 Å². The van der Waals surface area contributed by atoms with Crippen molar-refractivity contribution in [3.8, 4) is 11.5 Å². The molecular formula is C21H25N3O7. The Labute approximate surface area is 178 Å². The van der Waals surface area contributed by atoms with E-state index in [1.165, 1.54) is 12.1 Å². The third kappa shape index (κ3) is 7.52. The number of hydrogen-bond donors (Lipinski definition) is 6. The molecule has 2 amide bonds. The summed E-state index contributed by atoms with van der Waals surface area (Å²) in [7, 11) is 0. The number of amides is 2. The molecule has 0 aromatic heterocycles. The van der Waals surface area contributed by atoms with Crippen molar-refractivity contribution in [3.63, 3.8) is 0 Å². The molecule has 0 heterocycles. The molecule has 0 aliphatic heterocycles. The highest BCUT2D eigenvalue weighted by Crippen LogP contribution is 2.23. The van der Waals surface area contributed by atoms with Gasteiger partial charge in [-0.15, -0.1) is 0 Å². The van der Waals surface area contributed by atoms with Crippen LogP contribution in [0.4, 0.5) is 4.79 Å². The lowest BCUT2D eigenvalue weighted by molar-refractivity contribution is -0.142. The third-order valence-electron chi connectivity index (χ3n) is 4.38. The lowest BCUT2D eigenvalue weighted by Crippen LogP contribution is -2.52. The third-order valence-corrected chi connectivity index (χ3v) is 4.38. The molecule has 10 nitrogen and oxygen atoms in total. The number of carbonyl (C=O) groups excluding carboxylic acids is 2. The Morgan fingerprint density at radius 1 is 1.00 bits per heavy atom. The van der Waals surface area contributed by atoms with Gasteiger partial charge in [0.25, 0.3) is 0 Å². The summed E-state index contributed by atoms with van der Waals surface area (Å²) >= 11 is 0. The average molecular weight is 431 g/mol. The summed E-state index contributed by atoms with van der Waals surface area (Å²) in [4.78, 5) is 36.2. The number of phenolic OH excluding ortho intramolecular Hbond substituents is 2. The number of rotatable bonds is 10. The minimum Gasteiger partial charge on any atom is -0.508 e. The Hall–Kier alpha value is -3.79. The molecule has 0 aliphatic carbocycles. The Bertz CT molecular complexity index is 905. The van der Waals surface area contributed by atoms with Crippen LogP contribution in [0.3, 0.4) is 0 Å². The van der Waals surface area contributed by atoms with Gasteiger partial charge < -0.3 is 36.4 Å². The number of ether oxygens (including phenoxy) is 1. The van der Waals surface area contributed by atoms with Gasteiger partial charge in [0.05, 0.1) is 0 Å². The summed E-state index contributed by atoms with van der Waals surface area (Å²) in [6.07, 6.45) is -1.02. The molecule has 0 fully saturated rings. The number of aliphatic carboxylic acids is 1. The molecule has 0 saturated carbocycles. The van der Waals surface area contributed by atoms with Crippen LogP contribution >= 0.6 is 0 Å². The van der Waals surface area contributed by atoms with Crippen LogP contribution in [-0.2, 0) is 27.4 Å². The van der Waals surface area contributed by atoms with E-state index in [2.05, 4.69) is 10.6 Å². The number of hydrogen-bond acceptors (Lipinski definition) is 7. The monoisotopic (exact) mass is 431 g/mol. The molecule has 0 saturated heterocycles. The number of phenols is 2. The standard InChI is InChI=1S/C21H25N3O7/c22-9-8-16(24-21(30)31-12-13-4-2-1-3-5-13)19(27)23-17(20(28)29)10-14-6-7-15(25)11-18(14)26/h1-7,11,16-17,25-26H,8-10,12,22H2,(H,23,27)(H,24,30)(H,28,29)/t16?,17-/m0/s1. The summed E-state index contributed by atoms with van der Waals surface area (Å²) < 4.78 is 5.09. The fourth-order valence-electron chi connectivity index (χ4n) is 2.76. The lowest BCUT2D eigenvalue weighted by atomic mass is 10.0. The first-order chi connectivity index (χ1) is 14.8. The van der Waals surface area contributed by atoms with Crippen LogP contribution in [0.25, 0.3) is 0 Å². The second-order valence-corrected chi connectivity index (χ2v) is 6.75. The van der Waals surface area contributed by atoms with E-state index in [1.54, 1.807) is 24.3 Å². The number of carboxylic acid groups (broad SMARTS) is 1. The van der Waals surface area contributed by atoms with Gasteiger partial charge in [-0.1, -0.05) is 36.4 Å².